The van der Waals surface area contributed by atoms with Crippen LogP contribution in [-0.4, -0.2) is 17.4 Å². The Morgan fingerprint density at radius 1 is 1.00 bits per heavy atom. The Kier molecular flexibility index (Phi) is 4.44. The Balaban J connectivity index is 1.93. The zero-order chi connectivity index (χ0) is 13.7. The van der Waals surface area contributed by atoms with Crippen molar-refractivity contribution in [2.45, 2.75) is 13.5 Å². The monoisotopic (exact) mass is 258 g/mol. The molecule has 0 unspecified atom stereocenters. The van der Waals surface area contributed by atoms with Gasteiger partial charge in [-0.15, -0.1) is 0 Å². The standard InChI is InChI=1S/C14H15BO4/c1-11-3-2-4-12(9-11)10-18-13-5-7-14(8-6-13)19-15(16)17/h2-9,16-17H,10H2,1H3. The molecular weight excluding hydrogens is 243 g/mol. The molecule has 0 aliphatic rings. The second kappa shape index (κ2) is 6.27. The van der Waals surface area contributed by atoms with E-state index in [-0.39, 0.29) is 0 Å². The fraction of sp³-hybridized carbons (Fsp3) is 0.143. The normalized spacial score (nSPS) is 10.1. The molecule has 0 amide bonds. The van der Waals surface area contributed by atoms with Crippen molar-refractivity contribution in [2.24, 2.45) is 0 Å². The molecule has 0 radical (unpaired) electrons. The Morgan fingerprint density at radius 3 is 2.32 bits per heavy atom. The molecule has 4 nitrogen and oxygen atoms in total. The lowest BCUT2D eigenvalue weighted by Gasteiger charge is -2.08. The number of hydrogen-bond acceptors (Lipinski definition) is 4. The van der Waals surface area contributed by atoms with Crippen molar-refractivity contribution in [3.8, 4) is 11.5 Å². The minimum Gasteiger partial charge on any atom is -0.512 e. The maximum Gasteiger partial charge on any atom is 0.707 e. The van der Waals surface area contributed by atoms with Gasteiger partial charge in [0.2, 0.25) is 0 Å². The highest BCUT2D eigenvalue weighted by Gasteiger charge is 2.10. The van der Waals surface area contributed by atoms with Gasteiger partial charge in [-0.3, -0.25) is 0 Å². The first-order valence-electron chi connectivity index (χ1n) is 5.95. The largest absolute Gasteiger partial charge is 0.707 e. The average Bonchev–Trinajstić information content (AvgIpc) is 2.37. The molecule has 0 saturated carbocycles. The van der Waals surface area contributed by atoms with E-state index in [2.05, 4.69) is 6.07 Å². The molecule has 0 aromatic heterocycles. The second-order valence-electron chi connectivity index (χ2n) is 4.19. The average molecular weight is 258 g/mol. The molecule has 0 atom stereocenters. The summed E-state index contributed by atoms with van der Waals surface area (Å²) in [4.78, 5) is 0. The number of benzene rings is 2. The molecule has 0 fully saturated rings. The van der Waals surface area contributed by atoms with E-state index >= 15 is 0 Å². The SMILES string of the molecule is Cc1cccc(COc2ccc(OB(O)O)cc2)c1. The van der Waals surface area contributed by atoms with Crippen LogP contribution in [0.4, 0.5) is 0 Å². The van der Waals surface area contributed by atoms with Gasteiger partial charge in [-0.1, -0.05) is 29.8 Å². The molecule has 19 heavy (non-hydrogen) atoms. The van der Waals surface area contributed by atoms with Gasteiger partial charge in [0, 0.05) is 0 Å². The first-order chi connectivity index (χ1) is 9.13. The minimum atomic E-state index is -1.81. The fourth-order valence-corrected chi connectivity index (χ4v) is 1.70. The van der Waals surface area contributed by atoms with Crippen LogP contribution in [0.15, 0.2) is 48.5 Å². The number of rotatable bonds is 5. The highest BCUT2D eigenvalue weighted by atomic mass is 16.6. The molecule has 0 saturated heterocycles. The fourth-order valence-electron chi connectivity index (χ4n) is 1.70. The van der Waals surface area contributed by atoms with Gasteiger partial charge in [0.1, 0.15) is 18.1 Å². The lowest BCUT2D eigenvalue weighted by atomic mass is 10.1. The predicted molar refractivity (Wildman–Crippen MR) is 72.8 cm³/mol. The van der Waals surface area contributed by atoms with Crippen molar-refractivity contribution in [3.05, 3.63) is 59.7 Å². The van der Waals surface area contributed by atoms with Crippen molar-refractivity contribution in [1.82, 2.24) is 0 Å². The topological polar surface area (TPSA) is 58.9 Å². The summed E-state index contributed by atoms with van der Waals surface area (Å²) in [5.41, 5.74) is 2.30. The molecule has 0 aliphatic heterocycles. The smallest absolute Gasteiger partial charge is 0.512 e. The summed E-state index contributed by atoms with van der Waals surface area (Å²) in [7, 11) is -1.81. The maximum absolute atomic E-state index is 8.66. The molecular formula is C14H15BO4. The lowest BCUT2D eigenvalue weighted by molar-refractivity contribution is 0.286. The molecule has 2 aromatic carbocycles. The van der Waals surface area contributed by atoms with Crippen LogP contribution in [0.25, 0.3) is 0 Å². The van der Waals surface area contributed by atoms with Crippen LogP contribution >= 0.6 is 0 Å². The first kappa shape index (κ1) is 13.5. The lowest BCUT2D eigenvalue weighted by Crippen LogP contribution is -2.20. The van der Waals surface area contributed by atoms with Crippen LogP contribution in [0.5, 0.6) is 11.5 Å². The van der Waals surface area contributed by atoms with Crippen LogP contribution in [0.1, 0.15) is 11.1 Å². The van der Waals surface area contributed by atoms with Gasteiger partial charge < -0.3 is 19.4 Å². The Bertz CT molecular complexity index is 525. The summed E-state index contributed by atoms with van der Waals surface area (Å²) in [5.74, 6) is 1.07. The Hall–Kier alpha value is -1.98. The van der Waals surface area contributed by atoms with Crippen LogP contribution in [0.3, 0.4) is 0 Å². The third-order valence-electron chi connectivity index (χ3n) is 2.55. The summed E-state index contributed by atoms with van der Waals surface area (Å²) in [5, 5.41) is 17.3. The van der Waals surface area contributed by atoms with Crippen molar-refractivity contribution < 1.29 is 19.4 Å². The summed E-state index contributed by atoms with van der Waals surface area (Å²) >= 11 is 0. The molecule has 0 aliphatic carbocycles. The van der Waals surface area contributed by atoms with Crippen LogP contribution in [-0.2, 0) is 6.61 Å². The summed E-state index contributed by atoms with van der Waals surface area (Å²) in [6, 6.07) is 14.8. The first-order valence-corrected chi connectivity index (χ1v) is 5.95. The van der Waals surface area contributed by atoms with E-state index in [9.17, 15) is 0 Å². The molecule has 0 bridgehead atoms. The quantitative estimate of drug-likeness (QED) is 0.804. The maximum atomic E-state index is 8.66. The highest BCUT2D eigenvalue weighted by molar-refractivity contribution is 6.33. The zero-order valence-electron chi connectivity index (χ0n) is 10.6. The Morgan fingerprint density at radius 2 is 1.68 bits per heavy atom. The Labute approximate surface area is 112 Å². The predicted octanol–water partition coefficient (Wildman–Crippen LogP) is 1.92. The van der Waals surface area contributed by atoms with Gasteiger partial charge in [-0.2, -0.15) is 0 Å². The summed E-state index contributed by atoms with van der Waals surface area (Å²) in [6.45, 7) is 2.53. The molecule has 2 aromatic rings. The number of hydrogen-bond donors (Lipinski definition) is 2. The van der Waals surface area contributed by atoms with E-state index in [0.717, 1.165) is 5.56 Å². The van der Waals surface area contributed by atoms with Gasteiger partial charge >= 0.3 is 7.32 Å². The molecule has 0 spiro atoms. The van der Waals surface area contributed by atoms with Crippen molar-refractivity contribution in [2.75, 3.05) is 0 Å². The van der Waals surface area contributed by atoms with E-state index in [1.54, 1.807) is 24.3 Å². The van der Waals surface area contributed by atoms with Gasteiger partial charge in [0.25, 0.3) is 0 Å². The van der Waals surface area contributed by atoms with Gasteiger partial charge in [0.15, 0.2) is 0 Å². The summed E-state index contributed by atoms with van der Waals surface area (Å²) in [6.07, 6.45) is 0. The van der Waals surface area contributed by atoms with Crippen LogP contribution < -0.4 is 9.39 Å². The molecule has 0 heterocycles. The van der Waals surface area contributed by atoms with Crippen LogP contribution in [0, 0.1) is 6.92 Å². The number of aryl methyl sites for hydroxylation is 1. The van der Waals surface area contributed by atoms with Crippen molar-refractivity contribution >= 4 is 7.32 Å². The van der Waals surface area contributed by atoms with E-state index in [1.807, 2.05) is 25.1 Å². The van der Waals surface area contributed by atoms with Gasteiger partial charge in [-0.05, 0) is 36.8 Å². The van der Waals surface area contributed by atoms with Crippen molar-refractivity contribution in [3.63, 3.8) is 0 Å². The van der Waals surface area contributed by atoms with Crippen LogP contribution in [0.2, 0.25) is 0 Å². The zero-order valence-corrected chi connectivity index (χ0v) is 10.6. The van der Waals surface area contributed by atoms with E-state index in [0.29, 0.717) is 18.1 Å². The molecule has 5 heteroatoms. The second-order valence-corrected chi connectivity index (χ2v) is 4.19. The third-order valence-corrected chi connectivity index (χ3v) is 2.55. The van der Waals surface area contributed by atoms with Gasteiger partial charge in [0.05, 0.1) is 0 Å². The number of ether oxygens (including phenoxy) is 1. The molecule has 2 rings (SSSR count). The molecule has 98 valence electrons. The highest BCUT2D eigenvalue weighted by Crippen LogP contribution is 2.19. The van der Waals surface area contributed by atoms with Gasteiger partial charge in [-0.25, -0.2) is 0 Å². The minimum absolute atomic E-state index is 0.373. The van der Waals surface area contributed by atoms with E-state index in [4.69, 9.17) is 19.4 Å². The van der Waals surface area contributed by atoms with E-state index < -0.39 is 7.32 Å². The van der Waals surface area contributed by atoms with E-state index in [1.165, 1.54) is 5.56 Å². The van der Waals surface area contributed by atoms with Crippen molar-refractivity contribution in [1.29, 1.82) is 0 Å². The third kappa shape index (κ3) is 4.32. The molecule has 2 N–H and O–H groups in total. The summed E-state index contributed by atoms with van der Waals surface area (Å²) < 4.78 is 10.3.